The molecule has 1 saturated carbocycles. The molecule has 0 bridgehead atoms. The highest BCUT2D eigenvalue weighted by atomic mass is 16.5. The molecule has 0 radical (unpaired) electrons. The van der Waals surface area contributed by atoms with E-state index in [1.807, 2.05) is 18.7 Å². The van der Waals surface area contributed by atoms with Gasteiger partial charge in [0, 0.05) is 38.9 Å². The predicted molar refractivity (Wildman–Crippen MR) is 123 cm³/mol. The molecule has 3 rings (SSSR count). The van der Waals surface area contributed by atoms with E-state index in [2.05, 4.69) is 60.3 Å². The first kappa shape index (κ1) is 23.6. The zero-order chi connectivity index (χ0) is 22.7. The lowest BCUT2D eigenvalue weighted by molar-refractivity contribution is 0.0222. The van der Waals surface area contributed by atoms with Gasteiger partial charge in [-0.1, -0.05) is 30.3 Å². The van der Waals surface area contributed by atoms with Gasteiger partial charge in [-0.05, 0) is 65.6 Å². The van der Waals surface area contributed by atoms with Crippen molar-refractivity contribution in [3.63, 3.8) is 0 Å². The number of rotatable bonds is 8. The first-order valence-electron chi connectivity index (χ1n) is 11.4. The summed E-state index contributed by atoms with van der Waals surface area (Å²) < 4.78 is 5.26. The summed E-state index contributed by atoms with van der Waals surface area (Å²) in [5.74, 6) is 0. The summed E-state index contributed by atoms with van der Waals surface area (Å²) in [7, 11) is 6.04. The molecule has 6 nitrogen and oxygen atoms in total. The Morgan fingerprint density at radius 1 is 1.16 bits per heavy atom. The molecule has 170 valence electrons. The van der Waals surface area contributed by atoms with Crippen LogP contribution in [-0.2, 0) is 10.3 Å². The average molecular weight is 427 g/mol. The molecule has 1 aliphatic heterocycles. The van der Waals surface area contributed by atoms with Crippen LogP contribution in [0.1, 0.15) is 51.5 Å². The lowest BCUT2D eigenvalue weighted by atomic mass is 9.68. The first-order chi connectivity index (χ1) is 14.7. The van der Waals surface area contributed by atoms with Crippen molar-refractivity contribution >= 4 is 6.03 Å². The number of nitriles is 1. The van der Waals surface area contributed by atoms with Crippen LogP contribution in [0.25, 0.3) is 0 Å². The monoisotopic (exact) mass is 426 g/mol. The molecule has 0 aromatic heterocycles. The molecule has 31 heavy (non-hydrogen) atoms. The lowest BCUT2D eigenvalue weighted by Gasteiger charge is -2.51. The van der Waals surface area contributed by atoms with Gasteiger partial charge in [-0.15, -0.1) is 0 Å². The molecule has 1 saturated heterocycles. The van der Waals surface area contributed by atoms with Gasteiger partial charge in [-0.2, -0.15) is 5.26 Å². The number of urea groups is 1. The highest BCUT2D eigenvalue weighted by Gasteiger charge is 2.54. The Labute approximate surface area is 187 Å². The van der Waals surface area contributed by atoms with Crippen LogP contribution >= 0.6 is 0 Å². The SMILES string of the molecule is COCCCN1C(=O)N(CC(C)(C)C#N)C[C@]12CC[C@@](c1ccccc1)(N(C)C)CC2. The van der Waals surface area contributed by atoms with Crippen molar-refractivity contribution in [3.8, 4) is 6.07 Å². The second-order valence-corrected chi connectivity index (χ2v) is 10.1. The summed E-state index contributed by atoms with van der Waals surface area (Å²) in [5, 5.41) is 9.51. The summed E-state index contributed by atoms with van der Waals surface area (Å²) in [5.41, 5.74) is 0.635. The molecule has 2 amide bonds. The minimum absolute atomic E-state index is 0.00684. The summed E-state index contributed by atoms with van der Waals surface area (Å²) in [6.07, 6.45) is 4.77. The van der Waals surface area contributed by atoms with Crippen LogP contribution in [0.15, 0.2) is 30.3 Å². The van der Waals surface area contributed by atoms with E-state index in [1.165, 1.54) is 5.56 Å². The Balaban J connectivity index is 1.86. The molecule has 1 heterocycles. The quantitative estimate of drug-likeness (QED) is 0.588. The van der Waals surface area contributed by atoms with E-state index in [0.717, 1.165) is 32.1 Å². The van der Waals surface area contributed by atoms with Crippen LogP contribution in [0.2, 0.25) is 0 Å². The largest absolute Gasteiger partial charge is 0.385 e. The van der Waals surface area contributed by atoms with Crippen molar-refractivity contribution < 1.29 is 9.53 Å². The number of ether oxygens (including phenoxy) is 1. The molecule has 2 aliphatic rings. The zero-order valence-corrected chi connectivity index (χ0v) is 19.9. The maximum atomic E-state index is 13.4. The van der Waals surface area contributed by atoms with Gasteiger partial charge in [0.05, 0.1) is 17.0 Å². The molecule has 1 aliphatic carbocycles. The summed E-state index contributed by atoms with van der Waals surface area (Å²) in [4.78, 5) is 19.8. The van der Waals surface area contributed by atoms with E-state index in [-0.39, 0.29) is 17.1 Å². The summed E-state index contributed by atoms with van der Waals surface area (Å²) in [6, 6.07) is 13.2. The van der Waals surface area contributed by atoms with Crippen molar-refractivity contribution in [1.29, 1.82) is 5.26 Å². The van der Waals surface area contributed by atoms with Crippen LogP contribution in [-0.4, -0.2) is 73.7 Å². The van der Waals surface area contributed by atoms with Gasteiger partial charge in [0.15, 0.2) is 0 Å². The van der Waals surface area contributed by atoms with Crippen LogP contribution in [0.5, 0.6) is 0 Å². The Morgan fingerprint density at radius 2 is 1.81 bits per heavy atom. The van der Waals surface area contributed by atoms with E-state index >= 15 is 0 Å². The third kappa shape index (κ3) is 4.58. The van der Waals surface area contributed by atoms with E-state index in [1.54, 1.807) is 7.11 Å². The highest BCUT2D eigenvalue weighted by molar-refractivity contribution is 5.78. The van der Waals surface area contributed by atoms with E-state index < -0.39 is 5.41 Å². The van der Waals surface area contributed by atoms with Crippen LogP contribution < -0.4 is 0 Å². The Hall–Kier alpha value is -2.10. The number of hydrogen-bond acceptors (Lipinski definition) is 4. The smallest absolute Gasteiger partial charge is 0.320 e. The van der Waals surface area contributed by atoms with E-state index in [0.29, 0.717) is 26.2 Å². The molecular weight excluding hydrogens is 388 g/mol. The number of hydrogen-bond donors (Lipinski definition) is 0. The molecule has 2 fully saturated rings. The van der Waals surface area contributed by atoms with Gasteiger partial charge in [-0.25, -0.2) is 4.79 Å². The molecule has 0 atom stereocenters. The number of methoxy groups -OCH3 is 1. The van der Waals surface area contributed by atoms with Gasteiger partial charge < -0.3 is 14.5 Å². The van der Waals surface area contributed by atoms with Gasteiger partial charge in [0.2, 0.25) is 0 Å². The first-order valence-corrected chi connectivity index (χ1v) is 11.4. The van der Waals surface area contributed by atoms with Gasteiger partial charge in [0.25, 0.3) is 0 Å². The molecule has 0 unspecified atom stereocenters. The fourth-order valence-corrected chi connectivity index (χ4v) is 5.52. The van der Waals surface area contributed by atoms with Crippen molar-refractivity contribution in [2.45, 2.75) is 57.0 Å². The Bertz CT molecular complexity index is 791. The van der Waals surface area contributed by atoms with Gasteiger partial charge in [0.1, 0.15) is 0 Å². The van der Waals surface area contributed by atoms with E-state index in [9.17, 15) is 10.1 Å². The van der Waals surface area contributed by atoms with Crippen molar-refractivity contribution in [1.82, 2.24) is 14.7 Å². The van der Waals surface area contributed by atoms with Crippen LogP contribution in [0, 0.1) is 16.7 Å². The molecule has 1 aromatic rings. The van der Waals surface area contributed by atoms with Crippen LogP contribution in [0.4, 0.5) is 4.79 Å². The number of carbonyl (C=O) groups excluding carboxylic acids is 1. The fraction of sp³-hybridized carbons (Fsp3) is 0.680. The number of amides is 2. The maximum Gasteiger partial charge on any atom is 0.320 e. The molecule has 1 aromatic carbocycles. The average Bonchev–Trinajstić information content (AvgIpc) is 3.00. The highest BCUT2D eigenvalue weighted by Crippen LogP contribution is 2.49. The minimum atomic E-state index is -0.550. The Kier molecular flexibility index (Phi) is 6.98. The van der Waals surface area contributed by atoms with Crippen molar-refractivity contribution in [3.05, 3.63) is 35.9 Å². The molecule has 1 spiro atoms. The van der Waals surface area contributed by atoms with Crippen molar-refractivity contribution in [2.24, 2.45) is 5.41 Å². The van der Waals surface area contributed by atoms with Crippen LogP contribution in [0.3, 0.4) is 0 Å². The second kappa shape index (κ2) is 9.18. The summed E-state index contributed by atoms with van der Waals surface area (Å²) in [6.45, 7) is 6.36. The van der Waals surface area contributed by atoms with Gasteiger partial charge in [-0.3, -0.25) is 4.90 Å². The van der Waals surface area contributed by atoms with Gasteiger partial charge >= 0.3 is 6.03 Å². The number of nitrogens with zero attached hydrogens (tertiary/aromatic N) is 4. The Morgan fingerprint density at radius 3 is 2.35 bits per heavy atom. The van der Waals surface area contributed by atoms with Crippen molar-refractivity contribution in [2.75, 3.05) is 47.4 Å². The lowest BCUT2D eigenvalue weighted by Crippen LogP contribution is -2.55. The van der Waals surface area contributed by atoms with E-state index in [4.69, 9.17) is 4.74 Å². The third-order valence-electron chi connectivity index (χ3n) is 7.35. The zero-order valence-electron chi connectivity index (χ0n) is 19.9. The normalized spacial score (nSPS) is 26.7. The molecular formula is C25H38N4O2. The fourth-order valence-electron chi connectivity index (χ4n) is 5.52. The summed E-state index contributed by atoms with van der Waals surface area (Å²) >= 11 is 0. The molecule has 0 N–H and O–H groups in total. The number of benzene rings is 1. The molecule has 6 heteroatoms. The standard InChI is InChI=1S/C25H38N4O2/c1-23(2,18-26)19-28-20-24(29(22(28)30)16-9-17-31-5)12-14-25(15-13-24,27(3)4)21-10-7-6-8-11-21/h6-8,10-11H,9,12-17,19-20H2,1-5H3/t24-,25-. The topological polar surface area (TPSA) is 59.8 Å². The minimum Gasteiger partial charge on any atom is -0.385 e. The maximum absolute atomic E-state index is 13.4. The second-order valence-electron chi connectivity index (χ2n) is 10.1. The third-order valence-corrected chi connectivity index (χ3v) is 7.35. The predicted octanol–water partition coefficient (Wildman–Crippen LogP) is 4.08. The number of carbonyl (C=O) groups is 1.